The predicted molar refractivity (Wildman–Crippen MR) is 167 cm³/mol. The number of likely N-dealkylation sites (tertiary alicyclic amines) is 2. The van der Waals surface area contributed by atoms with E-state index in [1.807, 2.05) is 6.07 Å². The molecule has 2 aliphatic heterocycles. The van der Waals surface area contributed by atoms with Crippen molar-refractivity contribution in [3.05, 3.63) is 67.6 Å². The lowest BCUT2D eigenvalue weighted by Gasteiger charge is -2.40. The van der Waals surface area contributed by atoms with Crippen LogP contribution in [-0.4, -0.2) is 84.9 Å². The zero-order valence-electron chi connectivity index (χ0n) is 23.5. The molecule has 0 radical (unpaired) electrons. The SMILES string of the molecule is CN(C/C(=N\OCF)C(CCN1CCC(N2CCCCC2=O)CC1)c1ccc(Cl)c(Cl)c1)C(=O)c1cc(Cl)cc(Cl)c1. The van der Waals surface area contributed by atoms with Gasteiger partial charge in [-0.1, -0.05) is 57.6 Å². The first-order valence-corrected chi connectivity index (χ1v) is 15.6. The maximum atomic E-state index is 13.3. The van der Waals surface area contributed by atoms with E-state index in [0.29, 0.717) is 44.2 Å². The van der Waals surface area contributed by atoms with Gasteiger partial charge in [0.15, 0.2) is 0 Å². The summed E-state index contributed by atoms with van der Waals surface area (Å²) in [5, 5.41) is 5.61. The van der Waals surface area contributed by atoms with Crippen molar-refractivity contribution in [1.29, 1.82) is 0 Å². The zero-order chi connectivity index (χ0) is 30.2. The number of amides is 2. The molecular weight excluding hydrogens is 625 g/mol. The second-order valence-corrected chi connectivity index (χ2v) is 12.5. The molecule has 12 heteroatoms. The fourth-order valence-corrected chi connectivity index (χ4v) is 6.59. The summed E-state index contributed by atoms with van der Waals surface area (Å²) in [6, 6.07) is 10.3. The fraction of sp³-hybridized carbons (Fsp3) is 0.500. The third-order valence-electron chi connectivity index (χ3n) is 7.93. The second kappa shape index (κ2) is 15.6. The molecule has 2 saturated heterocycles. The lowest BCUT2D eigenvalue weighted by molar-refractivity contribution is -0.136. The molecule has 7 nitrogen and oxygen atoms in total. The first kappa shape index (κ1) is 32.8. The van der Waals surface area contributed by atoms with Crippen LogP contribution in [0.1, 0.15) is 60.4 Å². The number of piperidine rings is 2. The van der Waals surface area contributed by atoms with Gasteiger partial charge in [-0.15, -0.1) is 0 Å². The molecule has 2 aliphatic rings. The Morgan fingerprint density at radius 3 is 2.40 bits per heavy atom. The highest BCUT2D eigenvalue weighted by Gasteiger charge is 2.30. The van der Waals surface area contributed by atoms with Crippen molar-refractivity contribution < 1.29 is 18.8 Å². The van der Waals surface area contributed by atoms with Gasteiger partial charge in [0, 0.05) is 60.7 Å². The van der Waals surface area contributed by atoms with Gasteiger partial charge in [-0.25, -0.2) is 4.39 Å². The first-order valence-electron chi connectivity index (χ1n) is 14.1. The van der Waals surface area contributed by atoms with Crippen molar-refractivity contribution in [2.45, 2.75) is 50.5 Å². The number of alkyl halides is 1. The number of oxime groups is 1. The van der Waals surface area contributed by atoms with Gasteiger partial charge >= 0.3 is 0 Å². The molecule has 0 bridgehead atoms. The van der Waals surface area contributed by atoms with Crippen LogP contribution in [0, 0.1) is 0 Å². The molecule has 1 unspecified atom stereocenters. The molecular formula is C30H35Cl4FN4O3. The third kappa shape index (κ3) is 8.73. The van der Waals surface area contributed by atoms with Crippen molar-refractivity contribution >= 4 is 63.9 Å². The molecule has 4 rings (SSSR count). The molecule has 2 aromatic rings. The number of carbonyl (C=O) groups is 2. The molecule has 1 atom stereocenters. The minimum atomic E-state index is -1.11. The Labute approximate surface area is 266 Å². The highest BCUT2D eigenvalue weighted by molar-refractivity contribution is 6.42. The zero-order valence-corrected chi connectivity index (χ0v) is 26.5. The minimum absolute atomic E-state index is 0.0625. The molecule has 2 heterocycles. The monoisotopic (exact) mass is 658 g/mol. The van der Waals surface area contributed by atoms with Gasteiger partial charge in [-0.05, 0) is 74.5 Å². The van der Waals surface area contributed by atoms with Gasteiger partial charge in [-0.3, -0.25) is 9.59 Å². The second-order valence-electron chi connectivity index (χ2n) is 10.8. The highest BCUT2D eigenvalue weighted by atomic mass is 35.5. The molecule has 0 aliphatic carbocycles. The maximum Gasteiger partial charge on any atom is 0.255 e. The summed E-state index contributed by atoms with van der Waals surface area (Å²) in [7, 11) is 1.63. The Balaban J connectivity index is 1.50. The summed E-state index contributed by atoms with van der Waals surface area (Å²) in [5.74, 6) is -0.396. The summed E-state index contributed by atoms with van der Waals surface area (Å²) in [6.07, 6.45) is 5.17. The average Bonchev–Trinajstić information content (AvgIpc) is 2.97. The van der Waals surface area contributed by atoms with Crippen molar-refractivity contribution in [3.8, 4) is 0 Å². The summed E-state index contributed by atoms with van der Waals surface area (Å²) in [4.78, 5) is 36.5. The van der Waals surface area contributed by atoms with Crippen LogP contribution in [0.2, 0.25) is 20.1 Å². The molecule has 2 amide bonds. The van der Waals surface area contributed by atoms with Crippen LogP contribution in [-0.2, 0) is 9.63 Å². The number of hydrogen-bond acceptors (Lipinski definition) is 5. The van der Waals surface area contributed by atoms with E-state index in [2.05, 4.69) is 15.0 Å². The topological polar surface area (TPSA) is 65.5 Å². The van der Waals surface area contributed by atoms with Crippen LogP contribution in [0.25, 0.3) is 0 Å². The molecule has 0 N–H and O–H groups in total. The lowest BCUT2D eigenvalue weighted by Crippen LogP contribution is -2.49. The minimum Gasteiger partial charge on any atom is -0.362 e. The molecule has 228 valence electrons. The third-order valence-corrected chi connectivity index (χ3v) is 9.10. The standard InChI is InChI=1S/C30H35Cl4FN4O3/c1-37(30(41)21-14-22(31)17-23(32)15-21)18-28(36-42-19-35)25(20-5-6-26(33)27(34)16-20)9-13-38-11-7-24(8-12-38)39-10-3-2-4-29(39)40/h5-6,14-17,24-25H,2-4,7-13,18-19H2,1H3/b36-28+. The Bertz CT molecular complexity index is 1270. The first-order chi connectivity index (χ1) is 20.2. The molecule has 42 heavy (non-hydrogen) atoms. The van der Waals surface area contributed by atoms with Gasteiger partial charge < -0.3 is 19.5 Å². The van der Waals surface area contributed by atoms with Crippen LogP contribution in [0.5, 0.6) is 0 Å². The van der Waals surface area contributed by atoms with Gasteiger partial charge in [0.2, 0.25) is 5.91 Å². The quantitative estimate of drug-likeness (QED) is 0.187. The van der Waals surface area contributed by atoms with E-state index in [1.165, 1.54) is 4.90 Å². The molecule has 2 aromatic carbocycles. The molecule has 0 spiro atoms. The van der Waals surface area contributed by atoms with E-state index in [0.717, 1.165) is 57.4 Å². The summed E-state index contributed by atoms with van der Waals surface area (Å²) in [6.45, 7) is 2.26. The van der Waals surface area contributed by atoms with E-state index in [1.54, 1.807) is 37.4 Å². The Morgan fingerprint density at radius 1 is 1.05 bits per heavy atom. The van der Waals surface area contributed by atoms with Crippen molar-refractivity contribution in [3.63, 3.8) is 0 Å². The van der Waals surface area contributed by atoms with Crippen molar-refractivity contribution in [2.75, 3.05) is 46.6 Å². The van der Waals surface area contributed by atoms with Crippen molar-refractivity contribution in [1.82, 2.24) is 14.7 Å². The Hall–Kier alpha value is -2.10. The largest absolute Gasteiger partial charge is 0.362 e. The number of carbonyl (C=O) groups excluding carboxylic acids is 2. The summed E-state index contributed by atoms with van der Waals surface area (Å²) in [5.41, 5.74) is 1.61. The van der Waals surface area contributed by atoms with Crippen LogP contribution in [0.4, 0.5) is 4.39 Å². The summed E-state index contributed by atoms with van der Waals surface area (Å²) < 4.78 is 13.2. The smallest absolute Gasteiger partial charge is 0.255 e. The average molecular weight is 660 g/mol. The highest BCUT2D eigenvalue weighted by Crippen LogP contribution is 2.31. The van der Waals surface area contributed by atoms with Gasteiger partial charge in [-0.2, -0.15) is 0 Å². The molecule has 0 saturated carbocycles. The lowest BCUT2D eigenvalue weighted by atomic mass is 9.89. The number of nitrogens with zero attached hydrogens (tertiary/aromatic N) is 4. The van der Waals surface area contributed by atoms with Crippen LogP contribution in [0.3, 0.4) is 0 Å². The number of benzene rings is 2. The van der Waals surface area contributed by atoms with Crippen LogP contribution < -0.4 is 0 Å². The van der Waals surface area contributed by atoms with E-state index in [9.17, 15) is 14.0 Å². The predicted octanol–water partition coefficient (Wildman–Crippen LogP) is 7.32. The number of halogens is 5. The van der Waals surface area contributed by atoms with Gasteiger partial charge in [0.25, 0.3) is 12.8 Å². The van der Waals surface area contributed by atoms with E-state index >= 15 is 0 Å². The van der Waals surface area contributed by atoms with Crippen molar-refractivity contribution in [2.24, 2.45) is 5.16 Å². The molecule has 0 aromatic heterocycles. The van der Waals surface area contributed by atoms with E-state index in [4.69, 9.17) is 51.2 Å². The maximum absolute atomic E-state index is 13.3. The summed E-state index contributed by atoms with van der Waals surface area (Å²) >= 11 is 24.8. The Morgan fingerprint density at radius 2 is 1.76 bits per heavy atom. The van der Waals surface area contributed by atoms with E-state index in [-0.39, 0.29) is 30.3 Å². The fourth-order valence-electron chi connectivity index (χ4n) is 5.76. The van der Waals surface area contributed by atoms with Crippen LogP contribution >= 0.6 is 46.4 Å². The number of hydrogen-bond donors (Lipinski definition) is 0. The number of rotatable bonds is 11. The Kier molecular flexibility index (Phi) is 12.2. The van der Waals surface area contributed by atoms with E-state index < -0.39 is 6.86 Å². The van der Waals surface area contributed by atoms with Gasteiger partial charge in [0.1, 0.15) is 0 Å². The molecule has 2 fully saturated rings. The normalized spacial score (nSPS) is 17.8. The van der Waals surface area contributed by atoms with Crippen LogP contribution in [0.15, 0.2) is 41.6 Å². The van der Waals surface area contributed by atoms with Gasteiger partial charge in [0.05, 0.1) is 22.3 Å².